The maximum atomic E-state index is 6.35. The molecular formula is C21H27ClO. The zero-order valence-corrected chi connectivity index (χ0v) is 15.0. The Balaban J connectivity index is 2.02. The van der Waals surface area contributed by atoms with Gasteiger partial charge in [-0.3, -0.25) is 0 Å². The van der Waals surface area contributed by atoms with Gasteiger partial charge in [0.2, 0.25) is 0 Å². The van der Waals surface area contributed by atoms with Crippen molar-refractivity contribution >= 4 is 11.6 Å². The van der Waals surface area contributed by atoms with E-state index >= 15 is 0 Å². The molecule has 0 saturated carbocycles. The summed E-state index contributed by atoms with van der Waals surface area (Å²) in [5.74, 6) is 0.778. The molecule has 0 radical (unpaired) electrons. The van der Waals surface area contributed by atoms with E-state index in [9.17, 15) is 0 Å². The molecule has 0 aliphatic carbocycles. The molecule has 0 aromatic heterocycles. The lowest BCUT2D eigenvalue weighted by molar-refractivity contribution is 0.309. The predicted molar refractivity (Wildman–Crippen MR) is 101 cm³/mol. The fourth-order valence-corrected chi connectivity index (χ4v) is 2.80. The van der Waals surface area contributed by atoms with Gasteiger partial charge in [-0.2, -0.15) is 0 Å². The molecule has 0 amide bonds. The summed E-state index contributed by atoms with van der Waals surface area (Å²) in [5.41, 5.74) is 3.75. The molecule has 0 bridgehead atoms. The first-order valence-electron chi connectivity index (χ1n) is 8.76. The normalized spacial score (nSPS) is 10.7. The Morgan fingerprint density at radius 2 is 1.52 bits per heavy atom. The topological polar surface area (TPSA) is 9.23 Å². The molecule has 0 unspecified atom stereocenters. The summed E-state index contributed by atoms with van der Waals surface area (Å²) in [6.45, 7) is 5.12. The Kier molecular flexibility index (Phi) is 7.48. The molecule has 2 aromatic rings. The first-order chi connectivity index (χ1) is 11.2. The molecule has 0 N–H and O–H groups in total. The van der Waals surface area contributed by atoms with Crippen molar-refractivity contribution in [1.29, 1.82) is 0 Å². The minimum Gasteiger partial charge on any atom is -0.492 e. The van der Waals surface area contributed by atoms with Crippen LogP contribution < -0.4 is 4.74 Å². The fraction of sp³-hybridized carbons (Fsp3) is 0.429. The quantitative estimate of drug-likeness (QED) is 0.453. The molecule has 23 heavy (non-hydrogen) atoms. The number of hydrogen-bond donors (Lipinski definition) is 0. The zero-order chi connectivity index (χ0) is 16.5. The number of benzene rings is 2. The number of rotatable bonds is 9. The van der Waals surface area contributed by atoms with Crippen LogP contribution in [0.2, 0.25) is 5.02 Å². The van der Waals surface area contributed by atoms with Crippen molar-refractivity contribution in [2.75, 3.05) is 6.61 Å². The molecule has 2 aromatic carbocycles. The van der Waals surface area contributed by atoms with Gasteiger partial charge in [0.15, 0.2) is 0 Å². The van der Waals surface area contributed by atoms with E-state index in [1.54, 1.807) is 0 Å². The Labute approximate surface area is 145 Å². The third-order valence-corrected chi connectivity index (χ3v) is 4.34. The van der Waals surface area contributed by atoms with Crippen molar-refractivity contribution in [2.24, 2.45) is 0 Å². The van der Waals surface area contributed by atoms with E-state index in [-0.39, 0.29) is 0 Å². The van der Waals surface area contributed by atoms with Crippen LogP contribution in [-0.4, -0.2) is 6.61 Å². The van der Waals surface area contributed by atoms with Crippen LogP contribution in [0, 0.1) is 0 Å². The number of halogens is 1. The Bertz CT molecular complexity index is 589. The van der Waals surface area contributed by atoms with E-state index in [1.165, 1.54) is 36.8 Å². The van der Waals surface area contributed by atoms with E-state index in [0.717, 1.165) is 30.8 Å². The number of unbranched alkanes of at least 4 members (excludes halogenated alkanes) is 3. The molecule has 0 aliphatic rings. The second-order valence-corrected chi connectivity index (χ2v) is 6.41. The highest BCUT2D eigenvalue weighted by Gasteiger charge is 2.05. The van der Waals surface area contributed by atoms with Crippen LogP contribution in [0.4, 0.5) is 0 Å². The van der Waals surface area contributed by atoms with Crippen LogP contribution in [-0.2, 0) is 6.42 Å². The third kappa shape index (κ3) is 5.58. The molecule has 0 spiro atoms. The monoisotopic (exact) mass is 330 g/mol. The van der Waals surface area contributed by atoms with Gasteiger partial charge in [-0.05, 0) is 48.1 Å². The molecule has 124 valence electrons. The van der Waals surface area contributed by atoms with Crippen LogP contribution >= 0.6 is 11.6 Å². The lowest BCUT2D eigenvalue weighted by atomic mass is 10.0. The second kappa shape index (κ2) is 9.62. The summed E-state index contributed by atoms with van der Waals surface area (Å²) < 4.78 is 5.71. The zero-order valence-electron chi connectivity index (χ0n) is 14.3. The van der Waals surface area contributed by atoms with Crippen molar-refractivity contribution < 1.29 is 4.74 Å². The number of ether oxygens (including phenoxy) is 1. The summed E-state index contributed by atoms with van der Waals surface area (Å²) in [4.78, 5) is 0. The SMILES string of the molecule is CCCCCc1ccc(-c2ccc(OCCCC)c(Cl)c2)cc1. The van der Waals surface area contributed by atoms with Crippen molar-refractivity contribution in [3.8, 4) is 16.9 Å². The first kappa shape index (κ1) is 17.9. The van der Waals surface area contributed by atoms with Crippen LogP contribution in [0.5, 0.6) is 5.75 Å². The van der Waals surface area contributed by atoms with E-state index < -0.39 is 0 Å². The van der Waals surface area contributed by atoms with Crippen LogP contribution in [0.1, 0.15) is 51.5 Å². The summed E-state index contributed by atoms with van der Waals surface area (Å²) in [7, 11) is 0. The van der Waals surface area contributed by atoms with Crippen molar-refractivity contribution in [3.63, 3.8) is 0 Å². The Morgan fingerprint density at radius 3 is 2.17 bits per heavy atom. The van der Waals surface area contributed by atoms with Crippen LogP contribution in [0.25, 0.3) is 11.1 Å². The maximum absolute atomic E-state index is 6.35. The largest absolute Gasteiger partial charge is 0.492 e. The molecule has 2 heteroatoms. The molecule has 0 heterocycles. The predicted octanol–water partition coefficient (Wildman–Crippen LogP) is 6.92. The van der Waals surface area contributed by atoms with Crippen LogP contribution in [0.3, 0.4) is 0 Å². The minimum absolute atomic E-state index is 0.686. The molecule has 1 nitrogen and oxygen atoms in total. The van der Waals surface area contributed by atoms with Crippen molar-refractivity contribution in [3.05, 3.63) is 53.1 Å². The molecule has 0 aliphatic heterocycles. The third-order valence-electron chi connectivity index (χ3n) is 4.04. The lowest BCUT2D eigenvalue weighted by Crippen LogP contribution is -1.97. The molecular weight excluding hydrogens is 304 g/mol. The van der Waals surface area contributed by atoms with E-state index in [1.807, 2.05) is 12.1 Å². The first-order valence-corrected chi connectivity index (χ1v) is 9.14. The van der Waals surface area contributed by atoms with Gasteiger partial charge in [0, 0.05) is 0 Å². The van der Waals surface area contributed by atoms with E-state index in [4.69, 9.17) is 16.3 Å². The second-order valence-electron chi connectivity index (χ2n) is 6.00. The summed E-state index contributed by atoms with van der Waals surface area (Å²) in [5, 5.41) is 0.686. The molecule has 2 rings (SSSR count). The van der Waals surface area contributed by atoms with Gasteiger partial charge in [-0.15, -0.1) is 0 Å². The van der Waals surface area contributed by atoms with E-state index in [2.05, 4.69) is 44.2 Å². The average molecular weight is 331 g/mol. The van der Waals surface area contributed by atoms with E-state index in [0.29, 0.717) is 5.02 Å². The standard InChI is InChI=1S/C21H27ClO/c1-3-5-7-8-17-9-11-18(12-10-17)19-13-14-21(20(22)16-19)23-15-6-4-2/h9-14,16H,3-8,15H2,1-2H3. The number of hydrogen-bond acceptors (Lipinski definition) is 1. The van der Waals surface area contributed by atoms with Gasteiger partial charge in [-0.25, -0.2) is 0 Å². The number of aryl methyl sites for hydroxylation is 1. The summed E-state index contributed by atoms with van der Waals surface area (Å²) in [6, 6.07) is 14.9. The molecule has 0 saturated heterocycles. The lowest BCUT2D eigenvalue weighted by Gasteiger charge is -2.10. The highest BCUT2D eigenvalue weighted by Crippen LogP contribution is 2.30. The summed E-state index contributed by atoms with van der Waals surface area (Å²) >= 11 is 6.35. The molecule has 0 atom stereocenters. The fourth-order valence-electron chi connectivity index (χ4n) is 2.57. The summed E-state index contributed by atoms with van der Waals surface area (Å²) in [6.07, 6.45) is 7.18. The van der Waals surface area contributed by atoms with Gasteiger partial charge in [-0.1, -0.05) is 75.0 Å². The average Bonchev–Trinajstić information content (AvgIpc) is 2.57. The highest BCUT2D eigenvalue weighted by molar-refractivity contribution is 6.32. The molecule has 0 fully saturated rings. The Morgan fingerprint density at radius 1 is 0.826 bits per heavy atom. The van der Waals surface area contributed by atoms with Gasteiger partial charge >= 0.3 is 0 Å². The van der Waals surface area contributed by atoms with Crippen molar-refractivity contribution in [2.45, 2.75) is 52.4 Å². The minimum atomic E-state index is 0.686. The van der Waals surface area contributed by atoms with Gasteiger partial charge in [0.1, 0.15) is 5.75 Å². The smallest absolute Gasteiger partial charge is 0.137 e. The van der Waals surface area contributed by atoms with Gasteiger partial charge in [0.05, 0.1) is 11.6 Å². The van der Waals surface area contributed by atoms with Gasteiger partial charge in [0.25, 0.3) is 0 Å². The maximum Gasteiger partial charge on any atom is 0.137 e. The highest BCUT2D eigenvalue weighted by atomic mass is 35.5. The van der Waals surface area contributed by atoms with Crippen LogP contribution in [0.15, 0.2) is 42.5 Å². The Hall–Kier alpha value is -1.47. The van der Waals surface area contributed by atoms with Gasteiger partial charge < -0.3 is 4.74 Å². The van der Waals surface area contributed by atoms with Crippen molar-refractivity contribution in [1.82, 2.24) is 0 Å².